The second kappa shape index (κ2) is 6.99. The van der Waals surface area contributed by atoms with E-state index in [-0.39, 0.29) is 12.5 Å². The van der Waals surface area contributed by atoms with Gasteiger partial charge in [0.2, 0.25) is 5.91 Å². The number of carbonyl (C=O) groups excluding carboxylic acids is 1. The molecule has 1 amide bonds. The van der Waals surface area contributed by atoms with Crippen molar-refractivity contribution in [1.29, 1.82) is 0 Å². The van der Waals surface area contributed by atoms with E-state index in [9.17, 15) is 4.79 Å². The lowest BCUT2D eigenvalue weighted by molar-refractivity contribution is -0.114. The van der Waals surface area contributed by atoms with Gasteiger partial charge in [0.05, 0.1) is 24.4 Å². The Bertz CT molecular complexity index is 644. The number of amides is 1. The minimum atomic E-state index is -0.153. The van der Waals surface area contributed by atoms with E-state index in [0.29, 0.717) is 16.5 Å². The Labute approximate surface area is 129 Å². The van der Waals surface area contributed by atoms with Crippen LogP contribution in [0.2, 0.25) is 5.02 Å². The Morgan fingerprint density at radius 3 is 2.76 bits per heavy atom. The molecule has 0 aliphatic heterocycles. The summed E-state index contributed by atoms with van der Waals surface area (Å²) in [6, 6.07) is 12.9. The molecule has 0 radical (unpaired) electrons. The Morgan fingerprint density at radius 2 is 2.05 bits per heavy atom. The van der Waals surface area contributed by atoms with Crippen molar-refractivity contribution in [3.8, 4) is 5.75 Å². The first-order valence-electron chi connectivity index (χ1n) is 6.52. The summed E-state index contributed by atoms with van der Waals surface area (Å²) in [5, 5.41) is 6.41. The van der Waals surface area contributed by atoms with Crippen molar-refractivity contribution < 1.29 is 9.53 Å². The van der Waals surface area contributed by atoms with E-state index in [1.54, 1.807) is 19.2 Å². The zero-order chi connectivity index (χ0) is 15.2. The van der Waals surface area contributed by atoms with Gasteiger partial charge in [0.15, 0.2) is 0 Å². The first-order chi connectivity index (χ1) is 10.1. The molecule has 110 valence electrons. The van der Waals surface area contributed by atoms with E-state index >= 15 is 0 Å². The maximum absolute atomic E-state index is 11.9. The van der Waals surface area contributed by atoms with Crippen LogP contribution >= 0.6 is 11.6 Å². The number of benzene rings is 2. The van der Waals surface area contributed by atoms with E-state index in [1.807, 2.05) is 37.3 Å². The van der Waals surface area contributed by atoms with Crippen molar-refractivity contribution >= 4 is 28.9 Å². The minimum Gasteiger partial charge on any atom is -0.497 e. The molecule has 2 aromatic rings. The van der Waals surface area contributed by atoms with E-state index in [2.05, 4.69) is 10.6 Å². The molecular formula is C16H17ClN2O2. The molecule has 2 N–H and O–H groups in total. The summed E-state index contributed by atoms with van der Waals surface area (Å²) in [7, 11) is 1.59. The summed E-state index contributed by atoms with van der Waals surface area (Å²) >= 11 is 6.10. The van der Waals surface area contributed by atoms with Gasteiger partial charge in [-0.2, -0.15) is 0 Å². The fraction of sp³-hybridized carbons (Fsp3) is 0.188. The number of anilines is 2. The summed E-state index contributed by atoms with van der Waals surface area (Å²) in [5.41, 5.74) is 2.51. The van der Waals surface area contributed by atoms with E-state index in [4.69, 9.17) is 16.3 Å². The van der Waals surface area contributed by atoms with Crippen LogP contribution in [0.5, 0.6) is 5.75 Å². The molecule has 0 unspecified atom stereocenters. The van der Waals surface area contributed by atoms with Gasteiger partial charge in [0.1, 0.15) is 5.75 Å². The van der Waals surface area contributed by atoms with Crippen molar-refractivity contribution in [2.75, 3.05) is 24.3 Å². The fourth-order valence-electron chi connectivity index (χ4n) is 1.85. The number of rotatable bonds is 5. The van der Waals surface area contributed by atoms with Gasteiger partial charge in [-0.1, -0.05) is 23.7 Å². The third-order valence-corrected chi connectivity index (χ3v) is 3.23. The average Bonchev–Trinajstić information content (AvgIpc) is 2.46. The first kappa shape index (κ1) is 15.2. The molecule has 0 saturated carbocycles. The quantitative estimate of drug-likeness (QED) is 0.885. The van der Waals surface area contributed by atoms with E-state index < -0.39 is 0 Å². The van der Waals surface area contributed by atoms with Crippen LogP contribution in [-0.4, -0.2) is 19.6 Å². The minimum absolute atomic E-state index is 0.139. The van der Waals surface area contributed by atoms with E-state index in [0.717, 1.165) is 11.3 Å². The highest BCUT2D eigenvalue weighted by molar-refractivity contribution is 6.33. The fourth-order valence-corrected chi connectivity index (χ4v) is 2.15. The predicted molar refractivity (Wildman–Crippen MR) is 86.3 cm³/mol. The lowest BCUT2D eigenvalue weighted by atomic mass is 10.2. The van der Waals surface area contributed by atoms with Crippen molar-refractivity contribution in [1.82, 2.24) is 0 Å². The number of ether oxygens (including phenoxy) is 1. The topological polar surface area (TPSA) is 50.4 Å². The zero-order valence-electron chi connectivity index (χ0n) is 11.9. The smallest absolute Gasteiger partial charge is 0.243 e. The Kier molecular flexibility index (Phi) is 5.06. The largest absolute Gasteiger partial charge is 0.497 e. The van der Waals surface area contributed by atoms with Crippen molar-refractivity contribution in [3.63, 3.8) is 0 Å². The third-order valence-electron chi connectivity index (χ3n) is 2.92. The van der Waals surface area contributed by atoms with Gasteiger partial charge >= 0.3 is 0 Å². The summed E-state index contributed by atoms with van der Waals surface area (Å²) in [6.45, 7) is 2.10. The SMILES string of the molecule is COc1cccc(NC(=O)CNc2ccc(C)cc2Cl)c1. The van der Waals surface area contributed by atoms with E-state index in [1.165, 1.54) is 0 Å². The summed E-state index contributed by atoms with van der Waals surface area (Å²) in [6.07, 6.45) is 0. The Hall–Kier alpha value is -2.20. The maximum Gasteiger partial charge on any atom is 0.243 e. The highest BCUT2D eigenvalue weighted by atomic mass is 35.5. The highest BCUT2D eigenvalue weighted by Crippen LogP contribution is 2.22. The third kappa shape index (κ3) is 4.39. The van der Waals surface area contributed by atoms with Crippen LogP contribution in [0, 0.1) is 6.92 Å². The van der Waals surface area contributed by atoms with Gasteiger partial charge in [-0.25, -0.2) is 0 Å². The maximum atomic E-state index is 11.9. The van der Waals surface area contributed by atoms with Crippen LogP contribution in [0.4, 0.5) is 11.4 Å². The molecule has 0 heterocycles. The molecule has 4 nitrogen and oxygen atoms in total. The monoisotopic (exact) mass is 304 g/mol. The number of hydrogen-bond donors (Lipinski definition) is 2. The second-order valence-corrected chi connectivity index (χ2v) is 5.02. The Morgan fingerprint density at radius 1 is 1.24 bits per heavy atom. The molecule has 0 bridgehead atoms. The van der Waals surface area contributed by atoms with Crippen LogP contribution in [0.1, 0.15) is 5.56 Å². The second-order valence-electron chi connectivity index (χ2n) is 4.62. The molecule has 0 aromatic heterocycles. The van der Waals surface area contributed by atoms with Crippen molar-refractivity contribution in [2.45, 2.75) is 6.92 Å². The first-order valence-corrected chi connectivity index (χ1v) is 6.90. The number of carbonyl (C=O) groups is 1. The molecule has 0 aliphatic carbocycles. The number of halogens is 1. The molecule has 0 spiro atoms. The van der Waals surface area contributed by atoms with Crippen molar-refractivity contribution in [2.24, 2.45) is 0 Å². The van der Waals surface area contributed by atoms with Gasteiger partial charge in [0.25, 0.3) is 0 Å². The van der Waals surface area contributed by atoms with Crippen LogP contribution in [0.3, 0.4) is 0 Å². The molecule has 2 rings (SSSR count). The number of hydrogen-bond acceptors (Lipinski definition) is 3. The van der Waals surface area contributed by atoms with Crippen LogP contribution in [0.15, 0.2) is 42.5 Å². The molecule has 0 atom stereocenters. The summed E-state index contributed by atoms with van der Waals surface area (Å²) < 4.78 is 5.11. The van der Waals surface area contributed by atoms with Crippen LogP contribution in [-0.2, 0) is 4.79 Å². The molecule has 0 aliphatic rings. The number of methoxy groups -OCH3 is 1. The van der Waals surface area contributed by atoms with Gasteiger partial charge in [-0.05, 0) is 36.8 Å². The molecule has 2 aromatic carbocycles. The normalized spacial score (nSPS) is 10.0. The molecule has 21 heavy (non-hydrogen) atoms. The molecular weight excluding hydrogens is 288 g/mol. The van der Waals surface area contributed by atoms with Gasteiger partial charge < -0.3 is 15.4 Å². The molecule has 0 fully saturated rings. The van der Waals surface area contributed by atoms with Crippen LogP contribution < -0.4 is 15.4 Å². The van der Waals surface area contributed by atoms with Gasteiger partial charge in [0, 0.05) is 11.8 Å². The average molecular weight is 305 g/mol. The van der Waals surface area contributed by atoms with Gasteiger partial charge in [-0.3, -0.25) is 4.79 Å². The lowest BCUT2D eigenvalue weighted by Gasteiger charge is -2.10. The zero-order valence-corrected chi connectivity index (χ0v) is 12.7. The molecule has 0 saturated heterocycles. The molecule has 5 heteroatoms. The highest BCUT2D eigenvalue weighted by Gasteiger charge is 2.05. The number of nitrogens with one attached hydrogen (secondary N) is 2. The predicted octanol–water partition coefficient (Wildman–Crippen LogP) is 3.71. The number of aryl methyl sites for hydroxylation is 1. The standard InChI is InChI=1S/C16H17ClN2O2/c1-11-6-7-15(14(17)8-11)18-10-16(20)19-12-4-3-5-13(9-12)21-2/h3-9,18H,10H2,1-2H3,(H,19,20). The van der Waals surface area contributed by atoms with Gasteiger partial charge in [-0.15, -0.1) is 0 Å². The summed E-state index contributed by atoms with van der Waals surface area (Å²) in [5.74, 6) is 0.544. The summed E-state index contributed by atoms with van der Waals surface area (Å²) in [4.78, 5) is 11.9. The van der Waals surface area contributed by atoms with Crippen LogP contribution in [0.25, 0.3) is 0 Å². The lowest BCUT2D eigenvalue weighted by Crippen LogP contribution is -2.21. The van der Waals surface area contributed by atoms with Crippen molar-refractivity contribution in [3.05, 3.63) is 53.1 Å². The Balaban J connectivity index is 1.92.